The summed E-state index contributed by atoms with van der Waals surface area (Å²) in [5.74, 6) is 0. The van der Waals surface area contributed by atoms with Crippen LogP contribution < -0.4 is 0 Å². The van der Waals surface area contributed by atoms with Crippen LogP contribution in [0.4, 0.5) is 13.2 Å². The fourth-order valence-electron chi connectivity index (χ4n) is 2.47. The monoisotopic (exact) mass is 281 g/mol. The van der Waals surface area contributed by atoms with Gasteiger partial charge in [0.2, 0.25) is 0 Å². The third-order valence-corrected chi connectivity index (χ3v) is 3.40. The van der Waals surface area contributed by atoms with E-state index < -0.39 is 11.7 Å². The smallest absolute Gasteiger partial charge is 0.260 e. The van der Waals surface area contributed by atoms with Gasteiger partial charge in [-0.05, 0) is 35.9 Å². The molecular formula is C16H18F3N. The molecule has 0 bridgehead atoms. The third kappa shape index (κ3) is 2.94. The molecule has 0 amide bonds. The summed E-state index contributed by atoms with van der Waals surface area (Å²) in [4.78, 5) is 4.43. The van der Waals surface area contributed by atoms with Crippen molar-refractivity contribution >= 4 is 10.8 Å². The Bertz CT molecular complexity index is 602. The molecule has 0 aliphatic carbocycles. The number of aromatic nitrogens is 1. The van der Waals surface area contributed by atoms with Gasteiger partial charge in [0, 0.05) is 17.3 Å². The Morgan fingerprint density at radius 1 is 1.05 bits per heavy atom. The van der Waals surface area contributed by atoms with E-state index in [2.05, 4.69) is 4.98 Å². The summed E-state index contributed by atoms with van der Waals surface area (Å²) in [7, 11) is 0. The first-order valence-electron chi connectivity index (χ1n) is 6.95. The topological polar surface area (TPSA) is 12.9 Å². The van der Waals surface area contributed by atoms with Crippen LogP contribution in [-0.2, 0) is 19.0 Å². The first kappa shape index (κ1) is 14.8. The second kappa shape index (κ2) is 5.81. The van der Waals surface area contributed by atoms with Crippen LogP contribution in [0.5, 0.6) is 0 Å². The first-order chi connectivity index (χ1) is 9.47. The van der Waals surface area contributed by atoms with Gasteiger partial charge in [0.05, 0.1) is 5.56 Å². The lowest BCUT2D eigenvalue weighted by Crippen LogP contribution is -2.06. The van der Waals surface area contributed by atoms with E-state index in [0.29, 0.717) is 5.39 Å². The van der Waals surface area contributed by atoms with E-state index in [1.807, 2.05) is 13.8 Å². The maximum atomic E-state index is 12.9. The number of halogens is 3. The van der Waals surface area contributed by atoms with E-state index in [1.54, 1.807) is 6.20 Å². The summed E-state index contributed by atoms with van der Waals surface area (Å²) in [6.45, 7) is 4.08. The molecule has 1 heterocycles. The lowest BCUT2D eigenvalue weighted by Gasteiger charge is -2.13. The van der Waals surface area contributed by atoms with E-state index in [-0.39, 0.29) is 0 Å². The van der Waals surface area contributed by atoms with Gasteiger partial charge in [-0.3, -0.25) is 4.98 Å². The minimum Gasteiger partial charge on any atom is -0.260 e. The number of hydrogen-bond acceptors (Lipinski definition) is 1. The Kier molecular flexibility index (Phi) is 4.31. The molecule has 108 valence electrons. The number of rotatable bonds is 4. The van der Waals surface area contributed by atoms with Crippen molar-refractivity contribution in [2.24, 2.45) is 0 Å². The number of fused-ring (bicyclic) bond motifs is 1. The highest BCUT2D eigenvalue weighted by Crippen LogP contribution is 2.33. The number of aryl methyl sites for hydroxylation is 2. The molecule has 4 heteroatoms. The van der Waals surface area contributed by atoms with Gasteiger partial charge in [0.25, 0.3) is 0 Å². The maximum Gasteiger partial charge on any atom is 0.416 e. The molecule has 0 saturated heterocycles. The molecule has 0 radical (unpaired) electrons. The Morgan fingerprint density at radius 2 is 1.75 bits per heavy atom. The van der Waals surface area contributed by atoms with Crippen LogP contribution in [0, 0.1) is 0 Å². The maximum absolute atomic E-state index is 12.9. The van der Waals surface area contributed by atoms with E-state index >= 15 is 0 Å². The molecule has 1 aromatic carbocycles. The van der Waals surface area contributed by atoms with Crippen LogP contribution in [0.15, 0.2) is 24.4 Å². The van der Waals surface area contributed by atoms with Crippen LogP contribution in [0.25, 0.3) is 10.8 Å². The van der Waals surface area contributed by atoms with Gasteiger partial charge in [-0.15, -0.1) is 0 Å². The molecule has 0 aliphatic rings. The Morgan fingerprint density at radius 3 is 2.35 bits per heavy atom. The molecule has 0 aliphatic heterocycles. The number of alkyl halides is 3. The predicted molar refractivity (Wildman–Crippen MR) is 74.7 cm³/mol. The average molecular weight is 281 g/mol. The quantitative estimate of drug-likeness (QED) is 0.754. The van der Waals surface area contributed by atoms with Crippen molar-refractivity contribution in [2.75, 3.05) is 0 Å². The second-order valence-electron chi connectivity index (χ2n) is 4.98. The normalized spacial score (nSPS) is 12.1. The summed E-state index contributed by atoms with van der Waals surface area (Å²) in [6, 6.07) is 3.90. The van der Waals surface area contributed by atoms with Gasteiger partial charge in [0.15, 0.2) is 0 Å². The van der Waals surface area contributed by atoms with Gasteiger partial charge >= 0.3 is 6.18 Å². The molecule has 0 fully saturated rings. The summed E-state index contributed by atoms with van der Waals surface area (Å²) < 4.78 is 38.6. The minimum absolute atomic E-state index is 0.587. The molecule has 1 nitrogen and oxygen atoms in total. The van der Waals surface area contributed by atoms with Gasteiger partial charge in [0.1, 0.15) is 0 Å². The zero-order chi connectivity index (χ0) is 14.8. The SMILES string of the molecule is CCCc1ncc2ccc(C(F)(F)F)cc2c1CCC. The van der Waals surface area contributed by atoms with Crippen molar-refractivity contribution in [1.82, 2.24) is 4.98 Å². The van der Waals surface area contributed by atoms with E-state index in [0.717, 1.165) is 48.4 Å². The molecule has 2 aromatic rings. The molecule has 0 saturated carbocycles. The zero-order valence-electron chi connectivity index (χ0n) is 11.7. The molecule has 0 unspecified atom stereocenters. The summed E-state index contributed by atoms with van der Waals surface area (Å²) in [6.07, 6.45) is 0.788. The van der Waals surface area contributed by atoms with Crippen LogP contribution in [0.2, 0.25) is 0 Å². The number of pyridine rings is 1. The predicted octanol–water partition coefficient (Wildman–Crippen LogP) is 5.16. The lowest BCUT2D eigenvalue weighted by atomic mass is 9.97. The fraction of sp³-hybridized carbons (Fsp3) is 0.438. The summed E-state index contributed by atoms with van der Waals surface area (Å²) >= 11 is 0. The van der Waals surface area contributed by atoms with Crippen molar-refractivity contribution in [3.8, 4) is 0 Å². The highest BCUT2D eigenvalue weighted by atomic mass is 19.4. The summed E-state index contributed by atoms with van der Waals surface area (Å²) in [5, 5.41) is 1.47. The first-order valence-corrected chi connectivity index (χ1v) is 6.95. The van der Waals surface area contributed by atoms with Crippen LogP contribution in [0.3, 0.4) is 0 Å². The molecule has 20 heavy (non-hydrogen) atoms. The molecule has 0 N–H and O–H groups in total. The van der Waals surface area contributed by atoms with E-state index in [1.165, 1.54) is 12.1 Å². The lowest BCUT2D eigenvalue weighted by molar-refractivity contribution is -0.137. The van der Waals surface area contributed by atoms with Crippen LogP contribution >= 0.6 is 0 Å². The molecule has 0 atom stereocenters. The van der Waals surface area contributed by atoms with Crippen molar-refractivity contribution in [3.05, 3.63) is 41.2 Å². The average Bonchev–Trinajstić information content (AvgIpc) is 2.40. The van der Waals surface area contributed by atoms with Crippen LogP contribution in [-0.4, -0.2) is 4.98 Å². The molecular weight excluding hydrogens is 263 g/mol. The van der Waals surface area contributed by atoms with Gasteiger partial charge in [-0.2, -0.15) is 13.2 Å². The van der Waals surface area contributed by atoms with Crippen molar-refractivity contribution in [3.63, 3.8) is 0 Å². The highest BCUT2D eigenvalue weighted by molar-refractivity contribution is 5.86. The molecule has 1 aromatic heterocycles. The Hall–Kier alpha value is -1.58. The third-order valence-electron chi connectivity index (χ3n) is 3.40. The standard InChI is InChI=1S/C16H18F3N/c1-3-5-13-14-9-12(16(17,18)19)8-7-11(14)10-20-15(13)6-4-2/h7-10H,3-6H2,1-2H3. The molecule has 2 rings (SSSR count). The Labute approximate surface area is 116 Å². The van der Waals surface area contributed by atoms with E-state index in [4.69, 9.17) is 0 Å². The zero-order valence-corrected chi connectivity index (χ0v) is 11.7. The minimum atomic E-state index is -4.30. The fourth-order valence-corrected chi connectivity index (χ4v) is 2.47. The van der Waals surface area contributed by atoms with Crippen molar-refractivity contribution in [2.45, 2.75) is 45.7 Å². The number of nitrogens with zero attached hydrogens (tertiary/aromatic N) is 1. The van der Waals surface area contributed by atoms with Crippen molar-refractivity contribution in [1.29, 1.82) is 0 Å². The highest BCUT2D eigenvalue weighted by Gasteiger charge is 2.30. The largest absolute Gasteiger partial charge is 0.416 e. The molecule has 0 spiro atoms. The Balaban J connectivity index is 2.66. The number of benzene rings is 1. The second-order valence-corrected chi connectivity index (χ2v) is 4.98. The van der Waals surface area contributed by atoms with Gasteiger partial charge in [-0.1, -0.05) is 32.8 Å². The van der Waals surface area contributed by atoms with Gasteiger partial charge in [-0.25, -0.2) is 0 Å². The number of hydrogen-bond donors (Lipinski definition) is 0. The van der Waals surface area contributed by atoms with E-state index in [9.17, 15) is 13.2 Å². The van der Waals surface area contributed by atoms with Crippen LogP contribution in [0.1, 0.15) is 43.5 Å². The van der Waals surface area contributed by atoms with Gasteiger partial charge < -0.3 is 0 Å². The summed E-state index contributed by atoms with van der Waals surface area (Å²) in [5.41, 5.74) is 1.31. The van der Waals surface area contributed by atoms with Crippen molar-refractivity contribution < 1.29 is 13.2 Å².